The molecule has 0 fully saturated rings. The zero-order valence-corrected chi connectivity index (χ0v) is 13.2. The molecule has 0 radical (unpaired) electrons. The van der Waals surface area contributed by atoms with Gasteiger partial charge in [-0.3, -0.25) is 25.1 Å². The van der Waals surface area contributed by atoms with E-state index in [1.807, 2.05) is 0 Å². The monoisotopic (exact) mass is 399 g/mol. The molecule has 0 aromatic heterocycles. The fourth-order valence-corrected chi connectivity index (χ4v) is 2.67. The smallest absolute Gasteiger partial charge is 0.384 e. The fourth-order valence-electron chi connectivity index (χ4n) is 2.02. The Bertz CT molecular complexity index is 791. The van der Waals surface area contributed by atoms with E-state index in [0.29, 0.717) is 4.90 Å². The van der Waals surface area contributed by atoms with Crippen molar-refractivity contribution in [3.05, 3.63) is 49.2 Å². The number of nitrogens with zero attached hydrogens (tertiary/aromatic N) is 4. The lowest BCUT2D eigenvalue weighted by molar-refractivity contribution is -0.393. The summed E-state index contributed by atoms with van der Waals surface area (Å²) in [6, 6.07) is 0.301. The Balaban J connectivity index is 2.83. The van der Waals surface area contributed by atoms with Crippen molar-refractivity contribution in [1.82, 2.24) is 0 Å². The van der Waals surface area contributed by atoms with E-state index < -0.39 is 49.4 Å². The van der Waals surface area contributed by atoms with E-state index in [1.54, 1.807) is 0 Å². The van der Waals surface area contributed by atoms with Crippen LogP contribution in [-0.4, -0.2) is 21.3 Å². The quantitative estimate of drug-likeness (QED) is 0.359. The Kier molecular flexibility index (Phi) is 4.77. The van der Waals surface area contributed by atoms with Gasteiger partial charge in [0.05, 0.1) is 15.4 Å². The van der Waals surface area contributed by atoms with Gasteiger partial charge in [0.25, 0.3) is 0 Å². The van der Waals surface area contributed by atoms with E-state index in [1.165, 1.54) is 0 Å². The van der Waals surface area contributed by atoms with E-state index in [9.17, 15) is 33.4 Å². The van der Waals surface area contributed by atoms with Gasteiger partial charge in [0, 0.05) is 18.2 Å². The summed E-state index contributed by atoms with van der Waals surface area (Å²) in [6.45, 7) is 0. The minimum atomic E-state index is -5.04. The largest absolute Gasteiger partial charge is 0.416 e. The minimum Gasteiger partial charge on any atom is -0.384 e. The number of rotatable bonds is 3. The molecule has 134 valence electrons. The van der Waals surface area contributed by atoms with Crippen molar-refractivity contribution in [2.45, 2.75) is 11.8 Å². The molecule has 1 aromatic carbocycles. The van der Waals surface area contributed by atoms with Crippen molar-refractivity contribution in [2.24, 2.45) is 10.7 Å². The lowest BCUT2D eigenvalue weighted by Gasteiger charge is -2.28. The highest BCUT2D eigenvalue weighted by molar-refractivity contribution is 6.35. The van der Waals surface area contributed by atoms with Gasteiger partial charge in [0.15, 0.2) is 0 Å². The molecule has 1 heterocycles. The van der Waals surface area contributed by atoms with Crippen LogP contribution in [0.2, 0.25) is 0 Å². The zero-order chi connectivity index (χ0) is 19.1. The van der Waals surface area contributed by atoms with Crippen molar-refractivity contribution in [3.63, 3.8) is 0 Å². The number of aliphatic imine (C=N–C) groups is 1. The SMILES string of the molecule is NC1=NC(Cl)N(c2c([N+](=O)[O-])cc(C(F)(F)F)cc2[N+](=O)[O-])C(Cl)=C1. The summed E-state index contributed by atoms with van der Waals surface area (Å²) < 4.78 is 38.7. The van der Waals surface area contributed by atoms with Crippen LogP contribution in [0.4, 0.5) is 30.2 Å². The van der Waals surface area contributed by atoms with Crippen molar-refractivity contribution in [3.8, 4) is 0 Å². The lowest BCUT2D eigenvalue weighted by Crippen LogP contribution is -2.34. The highest BCUT2D eigenvalue weighted by Gasteiger charge is 2.41. The summed E-state index contributed by atoms with van der Waals surface area (Å²) in [5, 5.41) is 22.0. The zero-order valence-electron chi connectivity index (χ0n) is 11.7. The van der Waals surface area contributed by atoms with Gasteiger partial charge in [-0.15, -0.1) is 0 Å². The van der Waals surface area contributed by atoms with Crippen molar-refractivity contribution >= 4 is 46.1 Å². The second kappa shape index (κ2) is 6.37. The number of anilines is 1. The molecule has 1 atom stereocenters. The predicted octanol–water partition coefficient (Wildman–Crippen LogP) is 3.30. The highest BCUT2D eigenvalue weighted by atomic mass is 35.5. The number of benzene rings is 1. The summed E-state index contributed by atoms with van der Waals surface area (Å²) >= 11 is 11.7. The molecule has 0 amide bonds. The molecule has 0 aliphatic carbocycles. The number of hydrogen-bond donors (Lipinski definition) is 1. The predicted molar refractivity (Wildman–Crippen MR) is 82.4 cm³/mol. The van der Waals surface area contributed by atoms with Crippen LogP contribution in [0.5, 0.6) is 0 Å². The standard InChI is InChI=1S/C11H6Cl2F3N5O4/c12-7-3-8(17)18-10(13)19(7)9-5(20(22)23)1-4(11(14,15)16)2-6(9)21(24)25/h1-3,10H,(H2,17,18). The van der Waals surface area contributed by atoms with Gasteiger partial charge in [0.2, 0.25) is 11.3 Å². The summed E-state index contributed by atoms with van der Waals surface area (Å²) in [5.74, 6) is -0.168. The number of halogens is 5. The maximum absolute atomic E-state index is 12.9. The first-order chi connectivity index (χ1) is 11.4. The Labute approximate surface area is 146 Å². The Hall–Kier alpha value is -2.60. The summed E-state index contributed by atoms with van der Waals surface area (Å²) in [6.07, 6.45) is -4.05. The number of nitrogens with two attached hydrogens (primary N) is 1. The van der Waals surface area contributed by atoms with E-state index >= 15 is 0 Å². The molecule has 2 N–H and O–H groups in total. The molecular formula is C11H6Cl2F3N5O4. The van der Waals surface area contributed by atoms with Gasteiger partial charge >= 0.3 is 17.6 Å². The van der Waals surface area contributed by atoms with Gasteiger partial charge in [-0.25, -0.2) is 4.99 Å². The molecule has 1 aromatic rings. The third kappa shape index (κ3) is 3.58. The molecule has 0 bridgehead atoms. The van der Waals surface area contributed by atoms with Crippen LogP contribution in [-0.2, 0) is 6.18 Å². The van der Waals surface area contributed by atoms with E-state index in [2.05, 4.69) is 4.99 Å². The molecule has 0 saturated carbocycles. The molecule has 0 spiro atoms. The minimum absolute atomic E-state index is 0.151. The second-order valence-corrected chi connectivity index (χ2v) is 5.35. The van der Waals surface area contributed by atoms with Crippen molar-refractivity contribution in [1.29, 1.82) is 0 Å². The molecule has 25 heavy (non-hydrogen) atoms. The summed E-state index contributed by atoms with van der Waals surface area (Å²) in [4.78, 5) is 24.3. The van der Waals surface area contributed by atoms with Crippen molar-refractivity contribution < 1.29 is 23.0 Å². The average molecular weight is 400 g/mol. The van der Waals surface area contributed by atoms with Gasteiger partial charge in [-0.2, -0.15) is 13.2 Å². The van der Waals surface area contributed by atoms with E-state index in [4.69, 9.17) is 28.9 Å². The van der Waals surface area contributed by atoms with Gasteiger partial charge < -0.3 is 5.73 Å². The molecular weight excluding hydrogens is 394 g/mol. The number of alkyl halides is 4. The second-order valence-electron chi connectivity index (χ2n) is 4.58. The molecule has 14 heteroatoms. The average Bonchev–Trinajstić information content (AvgIpc) is 2.44. The number of amidine groups is 1. The number of hydrogen-bond acceptors (Lipinski definition) is 7. The summed E-state index contributed by atoms with van der Waals surface area (Å²) in [7, 11) is 0. The number of nitro benzene ring substituents is 2. The van der Waals surface area contributed by atoms with Crippen LogP contribution in [0.25, 0.3) is 0 Å². The Morgan fingerprint density at radius 2 is 1.68 bits per heavy atom. The Morgan fingerprint density at radius 1 is 1.20 bits per heavy atom. The van der Waals surface area contributed by atoms with Gasteiger partial charge in [-0.05, 0) is 0 Å². The molecule has 1 aliphatic rings. The molecule has 1 aliphatic heterocycles. The van der Waals surface area contributed by atoms with Crippen LogP contribution >= 0.6 is 23.2 Å². The third-order valence-corrected chi connectivity index (χ3v) is 3.58. The van der Waals surface area contributed by atoms with Gasteiger partial charge in [0.1, 0.15) is 11.0 Å². The normalized spacial score (nSPS) is 17.8. The van der Waals surface area contributed by atoms with Crippen LogP contribution in [0.15, 0.2) is 28.4 Å². The molecule has 1 unspecified atom stereocenters. The Morgan fingerprint density at radius 3 is 2.04 bits per heavy atom. The van der Waals surface area contributed by atoms with Crippen LogP contribution in [0, 0.1) is 20.2 Å². The van der Waals surface area contributed by atoms with E-state index in [-0.39, 0.29) is 18.0 Å². The maximum Gasteiger partial charge on any atom is 0.416 e. The van der Waals surface area contributed by atoms with Crippen molar-refractivity contribution in [2.75, 3.05) is 4.90 Å². The topological polar surface area (TPSA) is 128 Å². The third-order valence-electron chi connectivity index (χ3n) is 3.00. The molecule has 2 rings (SSSR count). The van der Waals surface area contributed by atoms with Crippen LogP contribution in [0.1, 0.15) is 5.56 Å². The molecule has 0 saturated heterocycles. The van der Waals surface area contributed by atoms with Gasteiger partial charge in [-0.1, -0.05) is 23.2 Å². The van der Waals surface area contributed by atoms with E-state index in [0.717, 1.165) is 6.08 Å². The van der Waals surface area contributed by atoms with Crippen LogP contribution < -0.4 is 10.6 Å². The first-order valence-corrected chi connectivity index (χ1v) is 6.92. The highest BCUT2D eigenvalue weighted by Crippen LogP contribution is 2.46. The summed E-state index contributed by atoms with van der Waals surface area (Å²) in [5.41, 5.74) is -0.984. The lowest BCUT2D eigenvalue weighted by atomic mass is 10.1. The maximum atomic E-state index is 12.9. The van der Waals surface area contributed by atoms with Crippen LogP contribution in [0.3, 0.4) is 0 Å². The first kappa shape index (κ1) is 18.7. The first-order valence-electron chi connectivity index (χ1n) is 6.11. The number of nitro groups is 2. The fraction of sp³-hybridized carbons (Fsp3) is 0.182. The molecule has 9 nitrogen and oxygen atoms in total.